The van der Waals surface area contributed by atoms with Gasteiger partial charge >= 0.3 is 0 Å². The topological polar surface area (TPSA) is 43.1 Å². The lowest BCUT2D eigenvalue weighted by Gasteiger charge is -1.98. The Balaban J connectivity index is 2.96. The first-order valence-corrected chi connectivity index (χ1v) is 4.62. The van der Waals surface area contributed by atoms with Crippen molar-refractivity contribution < 1.29 is 4.79 Å². The normalized spacial score (nSPS) is 10.6. The smallest absolute Gasteiger partial charge is 0.241 e. The van der Waals surface area contributed by atoms with E-state index in [9.17, 15) is 4.79 Å². The fourth-order valence-electron chi connectivity index (χ4n) is 0.939. The molecule has 2 N–H and O–H groups in total. The van der Waals surface area contributed by atoms with Crippen LogP contribution in [0.25, 0.3) is 6.08 Å². The molecule has 0 fully saturated rings. The molecule has 1 rings (SSSR count). The molecule has 0 aromatic heterocycles. The van der Waals surface area contributed by atoms with Crippen LogP contribution in [0.3, 0.4) is 0 Å². The third-order valence-electron chi connectivity index (χ3n) is 1.58. The van der Waals surface area contributed by atoms with Crippen LogP contribution in [-0.2, 0) is 4.79 Å². The van der Waals surface area contributed by atoms with Gasteiger partial charge in [0.2, 0.25) is 5.91 Å². The van der Waals surface area contributed by atoms with E-state index >= 15 is 0 Å². The highest BCUT2D eigenvalue weighted by Crippen LogP contribution is 2.19. The molecular formula is C10H10BrNO. The van der Waals surface area contributed by atoms with Crippen LogP contribution < -0.4 is 5.73 Å². The minimum Gasteiger partial charge on any atom is -0.366 e. The number of carbonyl (C=O) groups excluding carboxylic acids is 1. The van der Waals surface area contributed by atoms with E-state index in [-0.39, 0.29) is 0 Å². The highest BCUT2D eigenvalue weighted by Gasteiger charge is 1.95. The molecule has 0 saturated carbocycles. The predicted octanol–water partition coefficient (Wildman–Crippen LogP) is 2.26. The molecule has 1 amide bonds. The summed E-state index contributed by atoms with van der Waals surface area (Å²) < 4.78 is 0.963. The van der Waals surface area contributed by atoms with Crippen LogP contribution in [0.1, 0.15) is 11.1 Å². The van der Waals surface area contributed by atoms with Gasteiger partial charge in [0.25, 0.3) is 0 Å². The Morgan fingerprint density at radius 1 is 1.54 bits per heavy atom. The molecule has 0 unspecified atom stereocenters. The maximum absolute atomic E-state index is 10.5. The number of rotatable bonds is 2. The number of hydrogen-bond acceptors (Lipinski definition) is 1. The zero-order valence-electron chi connectivity index (χ0n) is 7.25. The van der Waals surface area contributed by atoms with Crippen LogP contribution in [0.5, 0.6) is 0 Å². The minimum atomic E-state index is -0.438. The van der Waals surface area contributed by atoms with Gasteiger partial charge in [-0.15, -0.1) is 0 Å². The van der Waals surface area contributed by atoms with E-state index in [1.165, 1.54) is 11.6 Å². The van der Waals surface area contributed by atoms with Crippen molar-refractivity contribution >= 4 is 27.9 Å². The highest BCUT2D eigenvalue weighted by atomic mass is 79.9. The molecule has 0 bridgehead atoms. The molecule has 0 aliphatic rings. The molecule has 0 saturated heterocycles. The molecule has 1 aromatic rings. The van der Waals surface area contributed by atoms with E-state index in [2.05, 4.69) is 15.9 Å². The lowest BCUT2D eigenvalue weighted by molar-refractivity contribution is -0.113. The van der Waals surface area contributed by atoms with E-state index in [4.69, 9.17) is 5.73 Å². The van der Waals surface area contributed by atoms with Gasteiger partial charge in [0, 0.05) is 10.5 Å². The first kappa shape index (κ1) is 9.99. The monoisotopic (exact) mass is 239 g/mol. The molecule has 13 heavy (non-hydrogen) atoms. The van der Waals surface area contributed by atoms with Gasteiger partial charge in [-0.2, -0.15) is 0 Å². The molecule has 0 atom stereocenters. The molecule has 0 aliphatic heterocycles. The summed E-state index contributed by atoms with van der Waals surface area (Å²) in [7, 11) is 0. The van der Waals surface area contributed by atoms with Crippen molar-refractivity contribution in [1.29, 1.82) is 0 Å². The highest BCUT2D eigenvalue weighted by molar-refractivity contribution is 9.10. The minimum absolute atomic E-state index is 0.438. The third kappa shape index (κ3) is 3.03. The lowest BCUT2D eigenvalue weighted by atomic mass is 10.1. The van der Waals surface area contributed by atoms with Gasteiger partial charge in [0.1, 0.15) is 0 Å². The van der Waals surface area contributed by atoms with Crippen LogP contribution in [-0.4, -0.2) is 5.91 Å². The summed E-state index contributed by atoms with van der Waals surface area (Å²) in [6.45, 7) is 2.01. The number of benzene rings is 1. The Bertz CT molecular complexity index is 358. The fourth-order valence-corrected chi connectivity index (χ4v) is 1.56. The molecule has 0 aliphatic carbocycles. The largest absolute Gasteiger partial charge is 0.366 e. The van der Waals surface area contributed by atoms with Crippen LogP contribution in [0.4, 0.5) is 0 Å². The standard InChI is InChI=1S/C10H10BrNO/c1-7-2-3-8(9(11)6-7)4-5-10(12)13/h2-6H,1H3,(H2,12,13). The fraction of sp³-hybridized carbons (Fsp3) is 0.100. The number of amides is 1. The summed E-state index contributed by atoms with van der Waals surface area (Å²) in [5.41, 5.74) is 7.10. The maximum atomic E-state index is 10.5. The first-order chi connectivity index (χ1) is 6.09. The number of primary amides is 1. The Labute approximate surface area is 85.6 Å². The van der Waals surface area contributed by atoms with Gasteiger partial charge in [-0.25, -0.2) is 0 Å². The number of nitrogens with two attached hydrogens (primary N) is 1. The Morgan fingerprint density at radius 2 is 2.23 bits per heavy atom. The van der Waals surface area contributed by atoms with Crippen molar-refractivity contribution in [2.24, 2.45) is 5.73 Å². The van der Waals surface area contributed by atoms with Crippen molar-refractivity contribution in [2.45, 2.75) is 6.92 Å². The molecule has 68 valence electrons. The van der Waals surface area contributed by atoms with Crippen molar-refractivity contribution in [3.05, 3.63) is 39.9 Å². The van der Waals surface area contributed by atoms with Crippen LogP contribution >= 0.6 is 15.9 Å². The van der Waals surface area contributed by atoms with Crippen LogP contribution in [0, 0.1) is 6.92 Å². The summed E-state index contributed by atoms with van der Waals surface area (Å²) >= 11 is 3.39. The Kier molecular flexibility index (Phi) is 3.25. The summed E-state index contributed by atoms with van der Waals surface area (Å²) in [5, 5.41) is 0. The molecule has 2 nitrogen and oxygen atoms in total. The van der Waals surface area contributed by atoms with Gasteiger partial charge in [-0.3, -0.25) is 4.79 Å². The van der Waals surface area contributed by atoms with E-state index in [1.807, 2.05) is 25.1 Å². The van der Waals surface area contributed by atoms with Gasteiger partial charge in [-0.05, 0) is 30.2 Å². The van der Waals surface area contributed by atoms with E-state index in [0.717, 1.165) is 10.0 Å². The van der Waals surface area contributed by atoms with Crippen molar-refractivity contribution in [2.75, 3.05) is 0 Å². The first-order valence-electron chi connectivity index (χ1n) is 3.83. The summed E-state index contributed by atoms with van der Waals surface area (Å²) in [4.78, 5) is 10.5. The number of hydrogen-bond donors (Lipinski definition) is 1. The number of halogens is 1. The van der Waals surface area contributed by atoms with Gasteiger partial charge in [0.15, 0.2) is 0 Å². The lowest BCUT2D eigenvalue weighted by Crippen LogP contribution is -2.05. The van der Waals surface area contributed by atoms with Crippen LogP contribution in [0.2, 0.25) is 0 Å². The van der Waals surface area contributed by atoms with E-state index < -0.39 is 5.91 Å². The van der Waals surface area contributed by atoms with Gasteiger partial charge in [0.05, 0.1) is 0 Å². The molecule has 0 radical (unpaired) electrons. The molecule has 3 heteroatoms. The van der Waals surface area contributed by atoms with Crippen molar-refractivity contribution in [1.82, 2.24) is 0 Å². The maximum Gasteiger partial charge on any atom is 0.241 e. The van der Waals surface area contributed by atoms with E-state index in [0.29, 0.717) is 0 Å². The molecule has 1 aromatic carbocycles. The SMILES string of the molecule is Cc1ccc(C=CC(N)=O)c(Br)c1. The van der Waals surface area contributed by atoms with Crippen molar-refractivity contribution in [3.8, 4) is 0 Å². The second-order valence-electron chi connectivity index (χ2n) is 2.76. The second kappa shape index (κ2) is 4.23. The Morgan fingerprint density at radius 3 is 2.77 bits per heavy atom. The quantitative estimate of drug-likeness (QED) is 0.791. The van der Waals surface area contributed by atoms with Gasteiger partial charge in [-0.1, -0.05) is 28.1 Å². The van der Waals surface area contributed by atoms with Crippen LogP contribution in [0.15, 0.2) is 28.7 Å². The Hall–Kier alpha value is -1.09. The second-order valence-corrected chi connectivity index (χ2v) is 3.62. The molecule has 0 spiro atoms. The average Bonchev–Trinajstić information content (AvgIpc) is 2.02. The summed E-state index contributed by atoms with van der Waals surface area (Å²) in [6, 6.07) is 5.89. The molecular weight excluding hydrogens is 230 g/mol. The van der Waals surface area contributed by atoms with E-state index in [1.54, 1.807) is 6.08 Å². The van der Waals surface area contributed by atoms with Gasteiger partial charge < -0.3 is 5.73 Å². The van der Waals surface area contributed by atoms with Crippen molar-refractivity contribution in [3.63, 3.8) is 0 Å². The summed E-state index contributed by atoms with van der Waals surface area (Å²) in [6.07, 6.45) is 3.03. The average molecular weight is 240 g/mol. The zero-order chi connectivity index (χ0) is 9.84. The third-order valence-corrected chi connectivity index (χ3v) is 2.27. The zero-order valence-corrected chi connectivity index (χ0v) is 8.84. The summed E-state index contributed by atoms with van der Waals surface area (Å²) in [5.74, 6) is -0.438. The number of carbonyl (C=O) groups is 1. The molecule has 0 heterocycles. The predicted molar refractivity (Wildman–Crippen MR) is 57.1 cm³/mol. The number of aryl methyl sites for hydroxylation is 1.